The van der Waals surface area contributed by atoms with E-state index >= 15 is 4.39 Å². The van der Waals surface area contributed by atoms with Gasteiger partial charge in [-0.05, 0) is 77.6 Å². The molecule has 1 aliphatic carbocycles. The third-order valence-electron chi connectivity index (χ3n) is 7.62. The van der Waals surface area contributed by atoms with Gasteiger partial charge >= 0.3 is 18.5 Å². The number of ether oxygens (including phenoxy) is 1. The molecule has 0 heterocycles. The lowest BCUT2D eigenvalue weighted by Gasteiger charge is -2.37. The molecule has 3 nitrogen and oxygen atoms in total. The largest absolute Gasteiger partial charge is 0.487 e. The molecule has 0 radical (unpaired) electrons. The molecular formula is C34H25F10NO2. The van der Waals surface area contributed by atoms with E-state index < -0.39 is 70.5 Å². The molecule has 1 fully saturated rings. The summed E-state index contributed by atoms with van der Waals surface area (Å²) in [5.41, 5.74) is -4.94. The second-order valence-corrected chi connectivity index (χ2v) is 11.3. The fourth-order valence-electron chi connectivity index (χ4n) is 5.18. The van der Waals surface area contributed by atoms with Crippen molar-refractivity contribution in [1.82, 2.24) is 5.32 Å². The Bertz CT molecular complexity index is 1760. The monoisotopic (exact) mass is 669 g/mol. The van der Waals surface area contributed by atoms with Gasteiger partial charge in [0.25, 0.3) is 5.91 Å². The van der Waals surface area contributed by atoms with E-state index in [9.17, 15) is 44.3 Å². The van der Waals surface area contributed by atoms with Gasteiger partial charge in [0.05, 0.1) is 17.2 Å². The third kappa shape index (κ3) is 7.71. The predicted octanol–water partition coefficient (Wildman–Crippen LogP) is 9.02. The molecule has 13 heteroatoms. The first-order valence-electron chi connectivity index (χ1n) is 14.2. The van der Waals surface area contributed by atoms with Crippen LogP contribution in [0.4, 0.5) is 43.9 Å². The SMILES string of the molecule is O=C(N[C@@](Cc1ccccc1)(c1cc(F)cc(CC(F)(F)C(F)F)c1)c1ccc(F)c(OC2CC2)c1)c1ccc(F)c(C(F)(F)F)c1. The van der Waals surface area contributed by atoms with E-state index in [2.05, 4.69) is 5.32 Å². The Labute approximate surface area is 262 Å². The number of alkyl halides is 7. The minimum absolute atomic E-state index is 0.0120. The van der Waals surface area contributed by atoms with Gasteiger partial charge in [-0.3, -0.25) is 4.79 Å². The van der Waals surface area contributed by atoms with Crippen LogP contribution >= 0.6 is 0 Å². The molecule has 4 aromatic carbocycles. The molecule has 0 saturated heterocycles. The molecule has 0 aromatic heterocycles. The maximum atomic E-state index is 15.2. The summed E-state index contributed by atoms with van der Waals surface area (Å²) in [4.78, 5) is 13.8. The number of carbonyl (C=O) groups is 1. The molecule has 248 valence electrons. The van der Waals surface area contributed by atoms with Gasteiger partial charge in [-0.2, -0.15) is 22.0 Å². The van der Waals surface area contributed by atoms with Crippen molar-refractivity contribution in [2.24, 2.45) is 0 Å². The first-order valence-corrected chi connectivity index (χ1v) is 14.2. The quantitative estimate of drug-likeness (QED) is 0.162. The Balaban J connectivity index is 1.74. The number of hydrogen-bond donors (Lipinski definition) is 1. The van der Waals surface area contributed by atoms with Crippen LogP contribution in [0.2, 0.25) is 0 Å². The summed E-state index contributed by atoms with van der Waals surface area (Å²) in [6, 6.07) is 15.2. The number of hydrogen-bond acceptors (Lipinski definition) is 2. The smallest absolute Gasteiger partial charge is 0.419 e. The molecular weight excluding hydrogens is 644 g/mol. The predicted molar refractivity (Wildman–Crippen MR) is 151 cm³/mol. The number of rotatable bonds is 11. The van der Waals surface area contributed by atoms with Gasteiger partial charge < -0.3 is 10.1 Å². The van der Waals surface area contributed by atoms with E-state index in [1.807, 2.05) is 0 Å². The first-order chi connectivity index (χ1) is 22.1. The van der Waals surface area contributed by atoms with Gasteiger partial charge in [0.15, 0.2) is 11.6 Å². The zero-order valence-corrected chi connectivity index (χ0v) is 24.2. The average Bonchev–Trinajstić information content (AvgIpc) is 3.81. The van der Waals surface area contributed by atoms with E-state index in [0.717, 1.165) is 24.3 Å². The van der Waals surface area contributed by atoms with E-state index in [4.69, 9.17) is 4.74 Å². The number of carbonyl (C=O) groups excluding carboxylic acids is 1. The fraction of sp³-hybridized carbons (Fsp3) is 0.265. The van der Waals surface area contributed by atoms with Crippen LogP contribution in [-0.4, -0.2) is 24.4 Å². The van der Waals surface area contributed by atoms with E-state index in [0.29, 0.717) is 30.5 Å². The molecule has 47 heavy (non-hydrogen) atoms. The number of amides is 1. The molecule has 0 unspecified atom stereocenters. The summed E-state index contributed by atoms with van der Waals surface area (Å²) in [5, 5.41) is 2.57. The zero-order chi connectivity index (χ0) is 34.1. The maximum absolute atomic E-state index is 15.2. The van der Waals surface area contributed by atoms with Crippen molar-refractivity contribution < 1.29 is 53.4 Å². The highest BCUT2D eigenvalue weighted by Gasteiger charge is 2.43. The summed E-state index contributed by atoms with van der Waals surface area (Å²) in [6.07, 6.45) is -10.3. The minimum atomic E-state index is -5.18. The van der Waals surface area contributed by atoms with Crippen LogP contribution in [0.3, 0.4) is 0 Å². The molecule has 0 spiro atoms. The zero-order valence-electron chi connectivity index (χ0n) is 24.2. The van der Waals surface area contributed by atoms with Crippen LogP contribution in [0.1, 0.15) is 51.0 Å². The summed E-state index contributed by atoms with van der Waals surface area (Å²) in [7, 11) is 0. The lowest BCUT2D eigenvalue weighted by molar-refractivity contribution is -0.140. The normalized spacial score (nSPS) is 15.0. The molecule has 1 atom stereocenters. The second-order valence-electron chi connectivity index (χ2n) is 11.3. The van der Waals surface area contributed by atoms with Crippen LogP contribution in [0.25, 0.3) is 0 Å². The van der Waals surface area contributed by atoms with Gasteiger partial charge in [-0.1, -0.05) is 42.5 Å². The van der Waals surface area contributed by atoms with Crippen LogP contribution in [0.15, 0.2) is 84.9 Å². The Morgan fingerprint density at radius 2 is 1.45 bits per heavy atom. The summed E-state index contributed by atoms with van der Waals surface area (Å²) < 4.78 is 145. The molecule has 1 aliphatic rings. The van der Waals surface area contributed by atoms with Crippen LogP contribution in [0.5, 0.6) is 5.75 Å². The van der Waals surface area contributed by atoms with Gasteiger partial charge in [-0.15, -0.1) is 0 Å². The Morgan fingerprint density at radius 3 is 2.09 bits per heavy atom. The highest BCUT2D eigenvalue weighted by Crippen LogP contribution is 2.40. The van der Waals surface area contributed by atoms with Crippen molar-refractivity contribution in [2.75, 3.05) is 0 Å². The standard InChI is InChI=1S/C34H25F10NO2/c35-24-13-20(18-33(40,41)31(38)39)12-23(15-24)32(17-19-4-2-1-3-5-19,22-7-11-28(37)29(16-22)47-25-8-9-25)45-30(46)21-6-10-27(36)26(14-21)34(42,43)44/h1-7,10-16,25,31H,8-9,17-18H2,(H,45,46)/t32-/m1/s1. The maximum Gasteiger partial charge on any atom is 0.419 e. The van der Waals surface area contributed by atoms with Crippen LogP contribution in [-0.2, 0) is 24.6 Å². The van der Waals surface area contributed by atoms with Gasteiger partial charge in [0.2, 0.25) is 0 Å². The van der Waals surface area contributed by atoms with E-state index in [-0.39, 0.29) is 35.5 Å². The lowest BCUT2D eigenvalue weighted by atomic mass is 9.76. The third-order valence-corrected chi connectivity index (χ3v) is 7.62. The van der Waals surface area contributed by atoms with Crippen molar-refractivity contribution in [3.63, 3.8) is 0 Å². The second kappa shape index (κ2) is 12.9. The number of halogens is 10. The van der Waals surface area contributed by atoms with Crippen molar-refractivity contribution in [2.45, 2.75) is 55.9 Å². The first kappa shape index (κ1) is 33.8. The van der Waals surface area contributed by atoms with Crippen LogP contribution in [0, 0.1) is 17.5 Å². The van der Waals surface area contributed by atoms with Crippen molar-refractivity contribution in [1.29, 1.82) is 0 Å². The Hall–Kier alpha value is -4.55. The topological polar surface area (TPSA) is 38.3 Å². The lowest BCUT2D eigenvalue weighted by Crippen LogP contribution is -2.49. The Kier molecular flexibility index (Phi) is 9.29. The number of nitrogens with one attached hydrogen (secondary N) is 1. The summed E-state index contributed by atoms with van der Waals surface area (Å²) in [5.74, 6) is -9.71. The highest BCUT2D eigenvalue weighted by atomic mass is 19.4. The molecule has 4 aromatic rings. The molecule has 0 aliphatic heterocycles. The fourth-order valence-corrected chi connectivity index (χ4v) is 5.18. The van der Waals surface area contributed by atoms with E-state index in [1.54, 1.807) is 30.3 Å². The molecule has 1 saturated carbocycles. The molecule has 1 N–H and O–H groups in total. The van der Waals surface area contributed by atoms with Gasteiger partial charge in [0.1, 0.15) is 11.6 Å². The van der Waals surface area contributed by atoms with Gasteiger partial charge in [0, 0.05) is 18.4 Å². The van der Waals surface area contributed by atoms with Crippen LogP contribution < -0.4 is 10.1 Å². The molecule has 5 rings (SSSR count). The van der Waals surface area contributed by atoms with Crippen molar-refractivity contribution in [3.8, 4) is 5.75 Å². The number of benzene rings is 4. The summed E-state index contributed by atoms with van der Waals surface area (Å²) >= 11 is 0. The summed E-state index contributed by atoms with van der Waals surface area (Å²) in [6.45, 7) is 0. The van der Waals surface area contributed by atoms with E-state index in [1.165, 1.54) is 12.1 Å². The highest BCUT2D eigenvalue weighted by molar-refractivity contribution is 5.95. The molecule has 1 amide bonds. The Morgan fingerprint density at radius 1 is 0.766 bits per heavy atom. The minimum Gasteiger partial charge on any atom is -0.487 e. The average molecular weight is 670 g/mol. The van der Waals surface area contributed by atoms with Crippen molar-refractivity contribution in [3.05, 3.63) is 136 Å². The van der Waals surface area contributed by atoms with Crippen molar-refractivity contribution >= 4 is 5.91 Å². The molecule has 0 bridgehead atoms. The van der Waals surface area contributed by atoms with Gasteiger partial charge in [-0.25, -0.2) is 22.0 Å².